The van der Waals surface area contributed by atoms with Crippen molar-refractivity contribution in [3.05, 3.63) is 119 Å². The van der Waals surface area contributed by atoms with Gasteiger partial charge >= 0.3 is 76.8 Å². The van der Waals surface area contributed by atoms with Crippen LogP contribution in [0.15, 0.2) is 97.1 Å². The Hall–Kier alpha value is -3.06. The molecule has 4 aromatic carbocycles. The molecule has 0 radical (unpaired) electrons. The van der Waals surface area contributed by atoms with Gasteiger partial charge in [0.05, 0.1) is 0 Å². The van der Waals surface area contributed by atoms with E-state index in [9.17, 15) is 52.7 Å². The number of hydrogen-bond acceptors (Lipinski definition) is 4. The van der Waals surface area contributed by atoms with Crippen LogP contribution < -0.4 is 70.3 Å². The maximum atomic E-state index is 12.8. The van der Waals surface area contributed by atoms with Crippen LogP contribution in [0, 0.1) is 0 Å². The van der Waals surface area contributed by atoms with Gasteiger partial charge in [-0.05, 0) is 48.5 Å². The first-order valence-corrected chi connectivity index (χ1v) is 14.2. The quantitative estimate of drug-likeness (QED) is 0.114. The van der Waals surface area contributed by atoms with Crippen LogP contribution in [0.4, 0.5) is 52.7 Å². The third-order valence-electron chi connectivity index (χ3n) is 7.30. The molecule has 18 heteroatoms. The van der Waals surface area contributed by atoms with E-state index >= 15 is 0 Å². The molecular weight excluding hydrogens is 726 g/mol. The van der Waals surface area contributed by atoms with Gasteiger partial charge in [-0.15, -0.1) is 52.7 Å². The van der Waals surface area contributed by atoms with E-state index in [1.165, 1.54) is 48.5 Å². The normalized spacial score (nSPS) is 12.6. The molecule has 0 aliphatic carbocycles. The second-order valence-electron chi connectivity index (χ2n) is 11.3. The van der Waals surface area contributed by atoms with E-state index in [4.69, 9.17) is 0 Å². The van der Waals surface area contributed by atoms with E-state index in [1.54, 1.807) is 0 Å². The fraction of sp³-hybridized carbons (Fsp3) is 0.250. The number of alkyl halides is 12. The van der Waals surface area contributed by atoms with Crippen molar-refractivity contribution in [2.24, 2.45) is 0 Å². The number of hydrogen-bond donors (Lipinski definition) is 0. The molecule has 0 bridgehead atoms. The Balaban J connectivity index is 0.00000676. The van der Waals surface area contributed by atoms with Gasteiger partial charge in [0.2, 0.25) is 0 Å². The van der Waals surface area contributed by atoms with E-state index in [0.29, 0.717) is 22.3 Å². The largest absolute Gasteiger partial charge is 1.00 e. The number of halogens is 12. The summed E-state index contributed by atoms with van der Waals surface area (Å²) in [5.41, 5.74) is 2.00. The molecule has 0 atom stereocenters. The van der Waals surface area contributed by atoms with Gasteiger partial charge in [-0.3, -0.25) is 0 Å². The molecule has 0 unspecified atom stereocenters. The first kappa shape index (κ1) is 41.4. The smallest absolute Gasteiger partial charge is 0.406 e. The zero-order valence-electron chi connectivity index (χ0n) is 25.8. The van der Waals surface area contributed by atoms with Gasteiger partial charge in [-0.2, -0.15) is 25.3 Å². The average Bonchev–Trinajstić information content (AvgIpc) is 2.94. The first-order valence-electron chi connectivity index (χ1n) is 14.2. The summed E-state index contributed by atoms with van der Waals surface area (Å²) in [6.07, 6.45) is -21.2. The molecule has 0 aliphatic heterocycles. The summed E-state index contributed by atoms with van der Waals surface area (Å²) in [6, 6.07) is 19.6. The van der Waals surface area contributed by atoms with Gasteiger partial charge in [0.25, 0.3) is 0 Å². The molecule has 0 spiro atoms. The van der Waals surface area contributed by atoms with Crippen molar-refractivity contribution in [2.75, 3.05) is 0 Å². The molecule has 0 aliphatic rings. The number of rotatable bonds is 12. The standard InChI is InChI=1S/C32H24BF12O4.K/c34-29(35,36)46-25-9-1-21(2-10-25)17-33(18-22-3-11-26(12-4-22)47-30(37,38)39,19-23-5-13-27(14-6-23)48-31(40,41)42)20-24-7-15-28(16-8-24)49-32(43,44)45;/h1-16H,17-20H2;/q-1;+1. The molecule has 0 N–H and O–H groups in total. The summed E-state index contributed by atoms with van der Waals surface area (Å²) < 4.78 is 169. The molecule has 0 aromatic heterocycles. The van der Waals surface area contributed by atoms with Crippen LogP contribution in [0.1, 0.15) is 22.3 Å². The Kier molecular flexibility index (Phi) is 13.7. The minimum Gasteiger partial charge on any atom is -0.406 e. The molecule has 4 nitrogen and oxygen atoms in total. The fourth-order valence-corrected chi connectivity index (χ4v) is 5.74. The molecule has 0 heterocycles. The SMILES string of the molecule is FC(F)(F)Oc1ccc(C[B-](Cc2ccc(OC(F)(F)F)cc2)(Cc2ccc(OC(F)(F)F)cc2)Cc2ccc(OC(F)(F)F)cc2)cc1.[K+]. The summed E-state index contributed by atoms with van der Waals surface area (Å²) in [6.45, 7) is 0. The summed E-state index contributed by atoms with van der Waals surface area (Å²) >= 11 is 0. The topological polar surface area (TPSA) is 36.9 Å². The van der Waals surface area contributed by atoms with Crippen molar-refractivity contribution < 1.29 is 123 Å². The average molecular weight is 750 g/mol. The molecule has 0 amide bonds. The van der Waals surface area contributed by atoms with Crippen molar-refractivity contribution >= 4 is 6.15 Å². The van der Waals surface area contributed by atoms with Gasteiger partial charge in [0.1, 0.15) is 23.0 Å². The molecule has 0 saturated heterocycles. The van der Waals surface area contributed by atoms with Crippen LogP contribution in [0.5, 0.6) is 23.0 Å². The van der Waals surface area contributed by atoms with E-state index in [1.807, 2.05) is 0 Å². The monoisotopic (exact) mass is 750 g/mol. The number of ether oxygens (including phenoxy) is 4. The van der Waals surface area contributed by atoms with Crippen LogP contribution in [0.25, 0.3) is 0 Å². The minimum atomic E-state index is -4.96. The van der Waals surface area contributed by atoms with Gasteiger partial charge in [0.15, 0.2) is 0 Å². The second-order valence-corrected chi connectivity index (χ2v) is 11.3. The Labute approximate surface area is 320 Å². The van der Waals surface area contributed by atoms with Crippen molar-refractivity contribution in [3.63, 3.8) is 0 Å². The van der Waals surface area contributed by atoms with Crippen LogP contribution >= 0.6 is 0 Å². The maximum absolute atomic E-state index is 12.8. The van der Waals surface area contributed by atoms with Crippen molar-refractivity contribution in [1.29, 1.82) is 0 Å². The third-order valence-corrected chi connectivity index (χ3v) is 7.30. The second kappa shape index (κ2) is 16.5. The van der Waals surface area contributed by atoms with Gasteiger partial charge in [-0.1, -0.05) is 70.8 Å². The Bertz CT molecular complexity index is 1390. The van der Waals surface area contributed by atoms with Crippen LogP contribution in [-0.4, -0.2) is 31.6 Å². The van der Waals surface area contributed by atoms with E-state index in [-0.39, 0.29) is 76.7 Å². The van der Waals surface area contributed by atoms with E-state index < -0.39 is 54.6 Å². The van der Waals surface area contributed by atoms with Gasteiger partial charge in [0, 0.05) is 6.15 Å². The molecule has 4 rings (SSSR count). The Morgan fingerprint density at radius 1 is 0.320 bits per heavy atom. The molecule has 0 fully saturated rings. The Morgan fingerprint density at radius 3 is 0.620 bits per heavy atom. The summed E-state index contributed by atoms with van der Waals surface area (Å²) in [4.78, 5) is 0. The molecule has 4 aromatic rings. The van der Waals surface area contributed by atoms with Crippen molar-refractivity contribution in [3.8, 4) is 23.0 Å². The van der Waals surface area contributed by atoms with Crippen molar-refractivity contribution in [1.82, 2.24) is 0 Å². The maximum Gasteiger partial charge on any atom is 1.00 e. The van der Waals surface area contributed by atoms with E-state index in [2.05, 4.69) is 18.9 Å². The molecule has 264 valence electrons. The number of benzene rings is 4. The predicted octanol–water partition coefficient (Wildman–Crippen LogP) is 7.16. The molecule has 0 saturated carbocycles. The zero-order chi connectivity index (χ0) is 36.1. The molecular formula is C32H24BF12KO4. The van der Waals surface area contributed by atoms with Crippen LogP contribution in [0.3, 0.4) is 0 Å². The van der Waals surface area contributed by atoms with Gasteiger partial charge < -0.3 is 18.9 Å². The predicted molar refractivity (Wildman–Crippen MR) is 153 cm³/mol. The molecule has 50 heavy (non-hydrogen) atoms. The summed E-state index contributed by atoms with van der Waals surface area (Å²) in [7, 11) is 0. The zero-order valence-corrected chi connectivity index (χ0v) is 28.9. The van der Waals surface area contributed by atoms with Crippen LogP contribution in [-0.2, 0) is 25.3 Å². The first-order chi connectivity index (χ1) is 22.6. The van der Waals surface area contributed by atoms with E-state index in [0.717, 1.165) is 48.5 Å². The van der Waals surface area contributed by atoms with Crippen molar-refractivity contribution in [2.45, 2.75) is 50.7 Å². The fourth-order valence-electron chi connectivity index (χ4n) is 5.74. The minimum absolute atomic E-state index is 0. The Morgan fingerprint density at radius 2 is 0.480 bits per heavy atom. The summed E-state index contributed by atoms with van der Waals surface area (Å²) in [5.74, 6) is -2.02. The summed E-state index contributed by atoms with van der Waals surface area (Å²) in [5, 5.41) is 0. The van der Waals surface area contributed by atoms with Gasteiger partial charge in [-0.25, -0.2) is 0 Å². The third kappa shape index (κ3) is 14.7. The van der Waals surface area contributed by atoms with Crippen LogP contribution in [0.2, 0.25) is 0 Å².